The van der Waals surface area contributed by atoms with Crippen molar-refractivity contribution in [2.24, 2.45) is 0 Å². The van der Waals surface area contributed by atoms with Crippen LogP contribution in [-0.4, -0.2) is 39.8 Å². The number of anilines is 1. The molecule has 0 saturated heterocycles. The lowest BCUT2D eigenvalue weighted by Gasteiger charge is -2.18. The van der Waals surface area contributed by atoms with Gasteiger partial charge in [-0.05, 0) is 38.1 Å². The van der Waals surface area contributed by atoms with Crippen molar-refractivity contribution in [2.75, 3.05) is 24.3 Å². The van der Waals surface area contributed by atoms with Gasteiger partial charge in [0.15, 0.2) is 21.8 Å². The third kappa shape index (κ3) is 4.42. The fourth-order valence-corrected chi connectivity index (χ4v) is 4.20. The maximum Gasteiger partial charge on any atom is 0.236 e. The molecule has 3 heterocycles. The van der Waals surface area contributed by atoms with Crippen LogP contribution in [0.4, 0.5) is 5.13 Å². The third-order valence-corrected chi connectivity index (χ3v) is 5.49. The Morgan fingerprint density at radius 2 is 1.86 bits per heavy atom. The molecule has 1 aromatic carbocycles. The summed E-state index contributed by atoms with van der Waals surface area (Å²) in [5, 5.41) is 5.89. The SMILES string of the molecule is Cc1cc(C)nc(SCC(=O)Nc2nc(-c3ccc4c(c3)OCCO4)cs2)n1. The summed E-state index contributed by atoms with van der Waals surface area (Å²) in [4.78, 5) is 25.4. The molecule has 0 saturated carbocycles. The number of amides is 1. The van der Waals surface area contributed by atoms with Gasteiger partial charge >= 0.3 is 0 Å². The Labute approximate surface area is 170 Å². The van der Waals surface area contributed by atoms with Crippen molar-refractivity contribution in [3.8, 4) is 22.8 Å². The van der Waals surface area contributed by atoms with Crippen LogP contribution in [0.25, 0.3) is 11.3 Å². The summed E-state index contributed by atoms with van der Waals surface area (Å²) < 4.78 is 11.2. The fraction of sp³-hybridized carbons (Fsp3) is 0.263. The highest BCUT2D eigenvalue weighted by Gasteiger charge is 2.15. The Hall–Kier alpha value is -2.65. The summed E-state index contributed by atoms with van der Waals surface area (Å²) in [6.45, 7) is 4.92. The number of thiazole rings is 1. The normalized spacial score (nSPS) is 12.6. The average molecular weight is 415 g/mol. The van der Waals surface area contributed by atoms with Crippen LogP contribution in [0.2, 0.25) is 0 Å². The molecule has 3 aromatic rings. The van der Waals surface area contributed by atoms with Crippen LogP contribution in [0.5, 0.6) is 11.5 Å². The van der Waals surface area contributed by atoms with Gasteiger partial charge in [0.1, 0.15) is 13.2 Å². The number of carbonyl (C=O) groups is 1. The first-order valence-corrected chi connectivity index (χ1v) is 10.5. The van der Waals surface area contributed by atoms with Crippen LogP contribution in [0, 0.1) is 13.8 Å². The highest BCUT2D eigenvalue weighted by Crippen LogP contribution is 2.35. The van der Waals surface area contributed by atoms with E-state index in [0.29, 0.717) is 29.3 Å². The fourth-order valence-electron chi connectivity index (χ4n) is 2.71. The zero-order chi connectivity index (χ0) is 19.5. The van der Waals surface area contributed by atoms with Gasteiger partial charge in [0.2, 0.25) is 5.91 Å². The van der Waals surface area contributed by atoms with E-state index in [2.05, 4.69) is 20.3 Å². The number of aromatic nitrogens is 3. The van der Waals surface area contributed by atoms with Crippen molar-refractivity contribution < 1.29 is 14.3 Å². The zero-order valence-corrected chi connectivity index (χ0v) is 17.0. The minimum atomic E-state index is -0.143. The molecule has 28 heavy (non-hydrogen) atoms. The molecule has 1 aliphatic rings. The first-order valence-electron chi connectivity index (χ1n) is 8.67. The molecular weight excluding hydrogens is 396 g/mol. The molecule has 0 aliphatic carbocycles. The van der Waals surface area contributed by atoms with Crippen LogP contribution < -0.4 is 14.8 Å². The Morgan fingerprint density at radius 1 is 1.11 bits per heavy atom. The van der Waals surface area contributed by atoms with E-state index >= 15 is 0 Å². The van der Waals surface area contributed by atoms with Crippen molar-refractivity contribution in [1.82, 2.24) is 15.0 Å². The van der Waals surface area contributed by atoms with Crippen molar-refractivity contribution in [3.63, 3.8) is 0 Å². The first-order chi connectivity index (χ1) is 13.6. The van der Waals surface area contributed by atoms with Crippen molar-refractivity contribution in [3.05, 3.63) is 41.0 Å². The van der Waals surface area contributed by atoms with Gasteiger partial charge < -0.3 is 14.8 Å². The molecule has 0 radical (unpaired) electrons. The number of hydrogen-bond donors (Lipinski definition) is 1. The van der Waals surface area contributed by atoms with E-state index in [-0.39, 0.29) is 11.7 Å². The van der Waals surface area contributed by atoms with E-state index in [1.807, 2.05) is 43.5 Å². The van der Waals surface area contributed by atoms with Crippen molar-refractivity contribution in [1.29, 1.82) is 0 Å². The minimum Gasteiger partial charge on any atom is -0.486 e. The molecule has 9 heteroatoms. The van der Waals surface area contributed by atoms with E-state index in [0.717, 1.165) is 28.4 Å². The van der Waals surface area contributed by atoms with Gasteiger partial charge in [0, 0.05) is 22.3 Å². The molecule has 2 aromatic heterocycles. The Kier molecular flexibility index (Phi) is 5.45. The summed E-state index contributed by atoms with van der Waals surface area (Å²) in [5.41, 5.74) is 3.47. The van der Waals surface area contributed by atoms with E-state index in [9.17, 15) is 4.79 Å². The molecule has 1 N–H and O–H groups in total. The lowest BCUT2D eigenvalue weighted by Crippen LogP contribution is -2.15. The van der Waals surface area contributed by atoms with Gasteiger partial charge in [-0.15, -0.1) is 11.3 Å². The summed E-state index contributed by atoms with van der Waals surface area (Å²) in [5.74, 6) is 1.54. The predicted molar refractivity (Wildman–Crippen MR) is 109 cm³/mol. The summed E-state index contributed by atoms with van der Waals surface area (Å²) in [6.07, 6.45) is 0. The van der Waals surface area contributed by atoms with Crippen LogP contribution in [0.15, 0.2) is 34.8 Å². The lowest BCUT2D eigenvalue weighted by molar-refractivity contribution is -0.113. The number of aryl methyl sites for hydroxylation is 2. The van der Waals surface area contributed by atoms with Crippen molar-refractivity contribution in [2.45, 2.75) is 19.0 Å². The van der Waals surface area contributed by atoms with E-state index in [4.69, 9.17) is 9.47 Å². The monoisotopic (exact) mass is 414 g/mol. The number of carbonyl (C=O) groups excluding carboxylic acids is 1. The number of hydrogen-bond acceptors (Lipinski definition) is 8. The van der Waals surface area contributed by atoms with Gasteiger partial charge in [0.25, 0.3) is 0 Å². The van der Waals surface area contributed by atoms with Gasteiger partial charge in [0.05, 0.1) is 11.4 Å². The molecular formula is C19H18N4O3S2. The molecule has 1 aliphatic heterocycles. The second-order valence-corrected chi connectivity index (χ2v) is 7.97. The van der Waals surface area contributed by atoms with Crippen LogP contribution in [-0.2, 0) is 4.79 Å². The molecule has 0 unspecified atom stereocenters. The zero-order valence-electron chi connectivity index (χ0n) is 15.4. The van der Waals surface area contributed by atoms with Crippen molar-refractivity contribution >= 4 is 34.1 Å². The first kappa shape index (κ1) is 18.7. The van der Waals surface area contributed by atoms with E-state index in [1.165, 1.54) is 23.1 Å². The molecule has 0 spiro atoms. The second-order valence-electron chi connectivity index (χ2n) is 6.17. The highest BCUT2D eigenvalue weighted by atomic mass is 32.2. The van der Waals surface area contributed by atoms with Crippen LogP contribution in [0.3, 0.4) is 0 Å². The van der Waals surface area contributed by atoms with Crippen LogP contribution >= 0.6 is 23.1 Å². The molecule has 4 rings (SSSR count). The van der Waals surface area contributed by atoms with Gasteiger partial charge in [-0.3, -0.25) is 4.79 Å². The number of rotatable bonds is 5. The molecule has 0 bridgehead atoms. The van der Waals surface area contributed by atoms with Gasteiger partial charge in [-0.25, -0.2) is 15.0 Å². The minimum absolute atomic E-state index is 0.143. The Morgan fingerprint density at radius 3 is 2.64 bits per heavy atom. The number of fused-ring (bicyclic) bond motifs is 1. The topological polar surface area (TPSA) is 86.2 Å². The molecule has 1 amide bonds. The molecule has 0 fully saturated rings. The number of nitrogens with one attached hydrogen (secondary N) is 1. The Balaban J connectivity index is 1.38. The second kappa shape index (κ2) is 8.15. The summed E-state index contributed by atoms with van der Waals surface area (Å²) >= 11 is 2.69. The number of nitrogens with zero attached hydrogens (tertiary/aromatic N) is 3. The van der Waals surface area contributed by atoms with E-state index < -0.39 is 0 Å². The van der Waals surface area contributed by atoms with Gasteiger partial charge in [-0.1, -0.05) is 11.8 Å². The largest absolute Gasteiger partial charge is 0.486 e. The average Bonchev–Trinajstić information content (AvgIpc) is 3.14. The lowest BCUT2D eigenvalue weighted by atomic mass is 10.1. The Bertz CT molecular complexity index is 1000. The smallest absolute Gasteiger partial charge is 0.236 e. The highest BCUT2D eigenvalue weighted by molar-refractivity contribution is 7.99. The standard InChI is InChI=1S/C19H18N4O3S2/c1-11-7-12(2)21-18(20-11)28-10-17(24)23-19-22-14(9-27-19)13-3-4-15-16(8-13)26-6-5-25-15/h3-4,7-9H,5-6,10H2,1-2H3,(H,22,23,24). The summed E-state index contributed by atoms with van der Waals surface area (Å²) in [6, 6.07) is 7.62. The quantitative estimate of drug-likeness (QED) is 0.503. The van der Waals surface area contributed by atoms with Gasteiger partial charge in [-0.2, -0.15) is 0 Å². The van der Waals surface area contributed by atoms with Crippen LogP contribution in [0.1, 0.15) is 11.4 Å². The predicted octanol–water partition coefficient (Wildman–Crippen LogP) is 3.72. The third-order valence-electron chi connectivity index (χ3n) is 3.88. The molecule has 0 atom stereocenters. The number of benzene rings is 1. The number of ether oxygens (including phenoxy) is 2. The maximum atomic E-state index is 12.2. The molecule has 7 nitrogen and oxygen atoms in total. The number of thioether (sulfide) groups is 1. The maximum absolute atomic E-state index is 12.2. The van der Waals surface area contributed by atoms with E-state index in [1.54, 1.807) is 0 Å². The summed E-state index contributed by atoms with van der Waals surface area (Å²) in [7, 11) is 0. The molecule has 144 valence electrons.